The molecule has 2 heterocycles. The van der Waals surface area contributed by atoms with Crippen LogP contribution in [0.4, 0.5) is 0 Å². The molecule has 0 N–H and O–H groups in total. The molecule has 1 atom stereocenters. The quantitative estimate of drug-likeness (QED) is 0.643. The van der Waals surface area contributed by atoms with Crippen molar-refractivity contribution in [1.82, 2.24) is 9.80 Å². The van der Waals surface area contributed by atoms with Crippen LogP contribution in [0.1, 0.15) is 81.4 Å². The molecule has 30 heavy (non-hydrogen) atoms. The molecule has 3 aliphatic rings. The maximum Gasteiger partial charge on any atom is 0.278 e. The molecule has 1 aromatic rings. The van der Waals surface area contributed by atoms with Gasteiger partial charge in [-0.1, -0.05) is 62.8 Å². The third-order valence-corrected chi connectivity index (χ3v) is 7.16. The van der Waals surface area contributed by atoms with E-state index in [1.807, 2.05) is 6.07 Å². The summed E-state index contributed by atoms with van der Waals surface area (Å²) in [5, 5.41) is 0. The third kappa shape index (κ3) is 4.06. The van der Waals surface area contributed by atoms with Gasteiger partial charge < -0.3 is 4.90 Å². The van der Waals surface area contributed by atoms with Crippen molar-refractivity contribution < 1.29 is 9.59 Å². The Morgan fingerprint density at radius 1 is 0.867 bits per heavy atom. The van der Waals surface area contributed by atoms with E-state index in [2.05, 4.69) is 37.8 Å². The zero-order chi connectivity index (χ0) is 21.3. The van der Waals surface area contributed by atoms with Gasteiger partial charge >= 0.3 is 0 Å². The van der Waals surface area contributed by atoms with Gasteiger partial charge in [0.25, 0.3) is 11.8 Å². The van der Waals surface area contributed by atoms with Gasteiger partial charge in [0.15, 0.2) is 0 Å². The number of piperidine rings is 1. The Morgan fingerprint density at radius 2 is 1.57 bits per heavy atom. The highest BCUT2D eigenvalue weighted by Crippen LogP contribution is 2.38. The summed E-state index contributed by atoms with van der Waals surface area (Å²) in [5.74, 6) is 0.436. The van der Waals surface area contributed by atoms with Crippen LogP contribution < -0.4 is 0 Å². The monoisotopic (exact) mass is 408 g/mol. The van der Waals surface area contributed by atoms with Gasteiger partial charge in [0, 0.05) is 19.1 Å². The van der Waals surface area contributed by atoms with E-state index in [1.54, 1.807) is 4.90 Å². The number of hydrogen-bond donors (Lipinski definition) is 0. The van der Waals surface area contributed by atoms with Crippen molar-refractivity contribution in [3.8, 4) is 0 Å². The van der Waals surface area contributed by atoms with Crippen molar-refractivity contribution in [2.75, 3.05) is 13.1 Å². The predicted molar refractivity (Wildman–Crippen MR) is 121 cm³/mol. The summed E-state index contributed by atoms with van der Waals surface area (Å²) in [4.78, 5) is 31.5. The predicted octanol–water partition coefficient (Wildman–Crippen LogP) is 5.23. The number of carbonyl (C=O) groups excluding carboxylic acids is 2. The van der Waals surface area contributed by atoms with Crippen LogP contribution in [-0.2, 0) is 9.59 Å². The number of rotatable bonds is 3. The lowest BCUT2D eigenvalue weighted by Gasteiger charge is -2.34. The first-order valence-corrected chi connectivity index (χ1v) is 11.9. The second kappa shape index (κ2) is 8.95. The molecule has 1 aromatic carbocycles. The van der Waals surface area contributed by atoms with E-state index in [9.17, 15) is 9.59 Å². The van der Waals surface area contributed by atoms with E-state index in [0.29, 0.717) is 17.2 Å². The van der Waals surface area contributed by atoms with Crippen LogP contribution in [0.2, 0.25) is 0 Å². The molecule has 2 aliphatic heterocycles. The average Bonchev–Trinajstić information content (AvgIpc) is 2.92. The fraction of sp³-hybridized carbons (Fsp3) is 0.615. The van der Waals surface area contributed by atoms with Crippen LogP contribution in [0.15, 0.2) is 23.9 Å². The summed E-state index contributed by atoms with van der Waals surface area (Å²) in [6.45, 7) is 8.10. The molecule has 1 saturated heterocycles. The molecule has 2 fully saturated rings. The summed E-state index contributed by atoms with van der Waals surface area (Å²) in [5.41, 5.74) is 4.50. The fourth-order valence-corrected chi connectivity index (χ4v) is 5.58. The Bertz CT molecular complexity index is 849. The summed E-state index contributed by atoms with van der Waals surface area (Å²) in [7, 11) is 0. The molecular weight excluding hydrogens is 372 g/mol. The molecule has 4 rings (SSSR count). The van der Waals surface area contributed by atoms with E-state index in [1.165, 1.54) is 31.2 Å². The summed E-state index contributed by atoms with van der Waals surface area (Å²) < 4.78 is 0. The minimum atomic E-state index is -0.0641. The van der Waals surface area contributed by atoms with E-state index < -0.39 is 0 Å². The highest BCUT2D eigenvalue weighted by Gasteiger charge is 2.45. The van der Waals surface area contributed by atoms with E-state index in [0.717, 1.165) is 56.3 Å². The van der Waals surface area contributed by atoms with E-state index in [4.69, 9.17) is 0 Å². The van der Waals surface area contributed by atoms with Gasteiger partial charge in [0.1, 0.15) is 5.70 Å². The highest BCUT2D eigenvalue weighted by atomic mass is 16.2. The maximum absolute atomic E-state index is 13.8. The van der Waals surface area contributed by atoms with E-state index >= 15 is 0 Å². The maximum atomic E-state index is 13.8. The number of imide groups is 1. The second-order valence-corrected chi connectivity index (χ2v) is 9.71. The molecule has 162 valence electrons. The molecule has 1 aliphatic carbocycles. The Hall–Kier alpha value is -2.10. The van der Waals surface area contributed by atoms with Crippen LogP contribution in [0, 0.1) is 19.8 Å². The van der Waals surface area contributed by atoms with Crippen molar-refractivity contribution in [3.05, 3.63) is 40.6 Å². The van der Waals surface area contributed by atoms with Crippen LogP contribution >= 0.6 is 0 Å². The molecule has 0 aromatic heterocycles. The largest absolute Gasteiger partial charge is 0.366 e. The molecule has 0 bridgehead atoms. The lowest BCUT2D eigenvalue weighted by molar-refractivity contribution is -0.140. The van der Waals surface area contributed by atoms with Gasteiger partial charge in [-0.3, -0.25) is 14.5 Å². The standard InChI is InChI=1S/C26H36N2O2/c1-18-13-14-22(20(3)16-18)23-24(27-15-9-10-19(2)17-27)26(30)28(25(23)29)21-11-7-5-4-6-8-12-21/h13-14,16,19,21H,4-12,15,17H2,1-3H3. The van der Waals surface area contributed by atoms with Gasteiger partial charge in [-0.25, -0.2) is 0 Å². The second-order valence-electron chi connectivity index (χ2n) is 9.71. The lowest BCUT2D eigenvalue weighted by Crippen LogP contribution is -2.44. The first-order valence-electron chi connectivity index (χ1n) is 11.9. The van der Waals surface area contributed by atoms with Gasteiger partial charge in [-0.2, -0.15) is 0 Å². The van der Waals surface area contributed by atoms with Gasteiger partial charge in [-0.15, -0.1) is 0 Å². The normalized spacial score (nSPS) is 24.4. The number of nitrogens with zero attached hydrogens (tertiary/aromatic N) is 2. The van der Waals surface area contributed by atoms with Crippen LogP contribution in [0.5, 0.6) is 0 Å². The summed E-state index contributed by atoms with van der Waals surface area (Å²) in [6, 6.07) is 6.27. The summed E-state index contributed by atoms with van der Waals surface area (Å²) >= 11 is 0. The van der Waals surface area contributed by atoms with Gasteiger partial charge in [0.2, 0.25) is 0 Å². The van der Waals surface area contributed by atoms with Crippen LogP contribution in [0.25, 0.3) is 5.57 Å². The number of carbonyl (C=O) groups is 2. The first kappa shape index (κ1) is 21.1. The minimum absolute atomic E-state index is 0.0466. The van der Waals surface area contributed by atoms with Gasteiger partial charge in [0.05, 0.1) is 5.57 Å². The molecule has 1 unspecified atom stereocenters. The molecule has 4 nitrogen and oxygen atoms in total. The number of hydrogen-bond acceptors (Lipinski definition) is 3. The minimum Gasteiger partial charge on any atom is -0.366 e. The number of likely N-dealkylation sites (tertiary alicyclic amines) is 1. The van der Waals surface area contributed by atoms with Crippen LogP contribution in [0.3, 0.4) is 0 Å². The fourth-order valence-electron chi connectivity index (χ4n) is 5.58. The van der Waals surface area contributed by atoms with Crippen molar-refractivity contribution in [2.24, 2.45) is 5.92 Å². The van der Waals surface area contributed by atoms with Gasteiger partial charge in [-0.05, 0) is 56.6 Å². The molecule has 4 heteroatoms. The SMILES string of the molecule is Cc1ccc(C2=C(N3CCCC(C)C3)C(=O)N(C3CCCCCCC3)C2=O)c(C)c1. The molecular formula is C26H36N2O2. The molecule has 0 radical (unpaired) electrons. The smallest absolute Gasteiger partial charge is 0.278 e. The molecule has 2 amide bonds. The zero-order valence-electron chi connectivity index (χ0n) is 18.9. The molecule has 0 spiro atoms. The average molecular weight is 409 g/mol. The summed E-state index contributed by atoms with van der Waals surface area (Å²) in [6.07, 6.45) is 10.1. The zero-order valence-corrected chi connectivity index (χ0v) is 18.9. The molecule has 1 saturated carbocycles. The Balaban J connectivity index is 1.76. The number of benzene rings is 1. The highest BCUT2D eigenvalue weighted by molar-refractivity contribution is 6.36. The Labute approximate surface area is 181 Å². The van der Waals surface area contributed by atoms with E-state index in [-0.39, 0.29) is 17.9 Å². The van der Waals surface area contributed by atoms with Crippen molar-refractivity contribution in [1.29, 1.82) is 0 Å². The first-order chi connectivity index (χ1) is 14.5. The third-order valence-electron chi connectivity index (χ3n) is 7.16. The van der Waals surface area contributed by atoms with Crippen molar-refractivity contribution in [3.63, 3.8) is 0 Å². The topological polar surface area (TPSA) is 40.6 Å². The van der Waals surface area contributed by atoms with Crippen molar-refractivity contribution >= 4 is 17.4 Å². The van der Waals surface area contributed by atoms with Crippen LogP contribution in [-0.4, -0.2) is 40.7 Å². The number of amides is 2. The van der Waals surface area contributed by atoms with Crippen molar-refractivity contribution in [2.45, 2.75) is 84.6 Å². The lowest BCUT2D eigenvalue weighted by atomic mass is 9.94. The Morgan fingerprint density at radius 3 is 2.23 bits per heavy atom. The number of aryl methyl sites for hydroxylation is 2. The Kier molecular flexibility index (Phi) is 6.31.